The molecule has 2 N–H and O–H groups in total. The molecule has 0 aromatic rings. The molecule has 0 saturated carbocycles. The lowest BCUT2D eigenvalue weighted by Crippen LogP contribution is -2.02. The van der Waals surface area contributed by atoms with E-state index in [-0.39, 0.29) is 0 Å². The summed E-state index contributed by atoms with van der Waals surface area (Å²) in [6.45, 7) is 4.64. The average molecular weight is 126 g/mol. The monoisotopic (exact) mass is 126 g/mol. The molecule has 0 aromatic heterocycles. The van der Waals surface area contributed by atoms with Gasteiger partial charge in [-0.1, -0.05) is 5.57 Å². The van der Waals surface area contributed by atoms with E-state index in [1.54, 1.807) is 7.05 Å². The highest BCUT2D eigenvalue weighted by Gasteiger charge is 1.87. The van der Waals surface area contributed by atoms with Gasteiger partial charge in [-0.25, -0.2) is 0 Å². The van der Waals surface area contributed by atoms with Crippen molar-refractivity contribution in [3.63, 3.8) is 0 Å². The lowest BCUT2D eigenvalue weighted by Gasteiger charge is -1.96. The maximum atomic E-state index is 5.38. The van der Waals surface area contributed by atoms with Crippen molar-refractivity contribution >= 4 is 6.21 Å². The summed E-state index contributed by atoms with van der Waals surface area (Å²) in [5.74, 6) is 0. The van der Waals surface area contributed by atoms with Gasteiger partial charge in [-0.15, -0.1) is 0 Å². The summed E-state index contributed by atoms with van der Waals surface area (Å²) in [6.07, 6.45) is 1.82. The minimum absolute atomic E-state index is 0.623. The van der Waals surface area contributed by atoms with E-state index in [0.29, 0.717) is 6.54 Å². The van der Waals surface area contributed by atoms with Crippen LogP contribution in [0.5, 0.6) is 0 Å². The molecule has 0 fully saturated rings. The van der Waals surface area contributed by atoms with E-state index in [2.05, 4.69) is 4.99 Å². The van der Waals surface area contributed by atoms with Crippen molar-refractivity contribution < 1.29 is 0 Å². The van der Waals surface area contributed by atoms with Gasteiger partial charge in [0, 0.05) is 19.8 Å². The molecule has 2 nitrogen and oxygen atoms in total. The predicted molar refractivity (Wildman–Crippen MR) is 41.8 cm³/mol. The molecule has 0 atom stereocenters. The maximum absolute atomic E-state index is 5.38. The molecule has 0 saturated heterocycles. The number of aliphatic imine (C=N–C) groups is 1. The Labute approximate surface area is 56.5 Å². The Hall–Kier alpha value is -0.630. The summed E-state index contributed by atoms with van der Waals surface area (Å²) in [4.78, 5) is 3.87. The van der Waals surface area contributed by atoms with Crippen molar-refractivity contribution in [3.05, 3.63) is 11.1 Å². The molecular formula is C7H14N2. The van der Waals surface area contributed by atoms with Crippen LogP contribution in [-0.4, -0.2) is 19.8 Å². The smallest absolute Gasteiger partial charge is 0.0277 e. The zero-order chi connectivity index (χ0) is 7.28. The molecule has 0 rings (SSSR count). The van der Waals surface area contributed by atoms with Gasteiger partial charge in [0.05, 0.1) is 0 Å². The first-order chi connectivity index (χ1) is 4.22. The van der Waals surface area contributed by atoms with Crippen LogP contribution in [0.4, 0.5) is 0 Å². The van der Waals surface area contributed by atoms with Crippen LogP contribution in [0.15, 0.2) is 16.1 Å². The Morgan fingerprint density at radius 3 is 2.44 bits per heavy atom. The van der Waals surface area contributed by atoms with Crippen molar-refractivity contribution in [2.75, 3.05) is 13.6 Å². The number of allylic oxidation sites excluding steroid dienone is 1. The summed E-state index contributed by atoms with van der Waals surface area (Å²) < 4.78 is 0. The molecule has 0 heterocycles. The number of nitrogens with two attached hydrogens (primary N) is 1. The molecule has 0 bridgehead atoms. The average Bonchev–Trinajstić information content (AvgIpc) is 1.87. The van der Waals surface area contributed by atoms with Gasteiger partial charge in [-0.2, -0.15) is 0 Å². The van der Waals surface area contributed by atoms with Crippen molar-refractivity contribution in [2.45, 2.75) is 13.8 Å². The maximum Gasteiger partial charge on any atom is 0.0277 e. The third kappa shape index (κ3) is 3.03. The van der Waals surface area contributed by atoms with E-state index < -0.39 is 0 Å². The van der Waals surface area contributed by atoms with Crippen LogP contribution in [0.25, 0.3) is 0 Å². The minimum Gasteiger partial charge on any atom is -0.327 e. The van der Waals surface area contributed by atoms with E-state index in [1.165, 1.54) is 11.1 Å². The van der Waals surface area contributed by atoms with Gasteiger partial charge < -0.3 is 5.73 Å². The van der Waals surface area contributed by atoms with E-state index in [9.17, 15) is 0 Å². The second-order valence-corrected chi connectivity index (χ2v) is 2.05. The molecule has 0 amide bonds. The van der Waals surface area contributed by atoms with E-state index >= 15 is 0 Å². The second-order valence-electron chi connectivity index (χ2n) is 2.05. The molecule has 0 spiro atoms. The molecule has 2 heteroatoms. The topological polar surface area (TPSA) is 38.4 Å². The van der Waals surface area contributed by atoms with Crippen LogP contribution in [0.3, 0.4) is 0 Å². The molecule has 9 heavy (non-hydrogen) atoms. The standard InChI is InChI=1S/C7H14N2/c1-6(4-8)7(2)5-9-3/h5H,4,8H2,1-3H3/b7-6+,9-5?. The first-order valence-electron chi connectivity index (χ1n) is 3.01. The van der Waals surface area contributed by atoms with Crippen molar-refractivity contribution in [2.24, 2.45) is 10.7 Å². The lowest BCUT2D eigenvalue weighted by molar-refractivity contribution is 1.12. The highest BCUT2D eigenvalue weighted by atomic mass is 14.6. The van der Waals surface area contributed by atoms with Crippen LogP contribution < -0.4 is 5.73 Å². The van der Waals surface area contributed by atoms with Crippen molar-refractivity contribution in [1.29, 1.82) is 0 Å². The van der Waals surface area contributed by atoms with E-state index in [1.807, 2.05) is 20.1 Å². The lowest BCUT2D eigenvalue weighted by atomic mass is 10.2. The molecule has 0 aliphatic carbocycles. The number of nitrogens with zero attached hydrogens (tertiary/aromatic N) is 1. The third-order valence-corrected chi connectivity index (χ3v) is 1.30. The van der Waals surface area contributed by atoms with Gasteiger partial charge in [0.15, 0.2) is 0 Å². The zero-order valence-corrected chi connectivity index (χ0v) is 6.31. The summed E-state index contributed by atoms with van der Waals surface area (Å²) in [7, 11) is 1.76. The Kier molecular flexibility index (Phi) is 3.97. The van der Waals surface area contributed by atoms with Crippen LogP contribution >= 0.6 is 0 Å². The highest BCUT2D eigenvalue weighted by molar-refractivity contribution is 5.78. The Morgan fingerprint density at radius 1 is 1.56 bits per heavy atom. The number of hydrogen-bond donors (Lipinski definition) is 1. The minimum atomic E-state index is 0.623. The van der Waals surface area contributed by atoms with Crippen molar-refractivity contribution in [3.8, 4) is 0 Å². The zero-order valence-electron chi connectivity index (χ0n) is 6.31. The van der Waals surface area contributed by atoms with Crippen LogP contribution in [-0.2, 0) is 0 Å². The molecule has 0 aliphatic heterocycles. The Morgan fingerprint density at radius 2 is 2.11 bits per heavy atom. The van der Waals surface area contributed by atoms with Crippen molar-refractivity contribution in [1.82, 2.24) is 0 Å². The van der Waals surface area contributed by atoms with Gasteiger partial charge in [0.1, 0.15) is 0 Å². The largest absolute Gasteiger partial charge is 0.327 e. The highest BCUT2D eigenvalue weighted by Crippen LogP contribution is 1.96. The van der Waals surface area contributed by atoms with Gasteiger partial charge in [-0.3, -0.25) is 4.99 Å². The van der Waals surface area contributed by atoms with Crippen LogP contribution in [0.2, 0.25) is 0 Å². The molecule has 0 aliphatic rings. The van der Waals surface area contributed by atoms with E-state index in [0.717, 1.165) is 0 Å². The van der Waals surface area contributed by atoms with Gasteiger partial charge in [0.2, 0.25) is 0 Å². The molecule has 0 radical (unpaired) electrons. The van der Waals surface area contributed by atoms with E-state index in [4.69, 9.17) is 5.73 Å². The predicted octanol–water partition coefficient (Wildman–Crippen LogP) is 0.982. The third-order valence-electron chi connectivity index (χ3n) is 1.30. The Balaban J connectivity index is 4.10. The number of hydrogen-bond acceptors (Lipinski definition) is 2. The van der Waals surface area contributed by atoms with Crippen LogP contribution in [0.1, 0.15) is 13.8 Å². The fraction of sp³-hybridized carbons (Fsp3) is 0.571. The SMILES string of the molecule is CN=C/C(C)=C(\C)CN. The Bertz CT molecular complexity index is 134. The molecular weight excluding hydrogens is 112 g/mol. The second kappa shape index (κ2) is 4.27. The summed E-state index contributed by atoms with van der Waals surface area (Å²) >= 11 is 0. The van der Waals surface area contributed by atoms with Gasteiger partial charge in [0.25, 0.3) is 0 Å². The van der Waals surface area contributed by atoms with Crippen LogP contribution in [0, 0.1) is 0 Å². The summed E-state index contributed by atoms with van der Waals surface area (Å²) in [5.41, 5.74) is 7.75. The van der Waals surface area contributed by atoms with Gasteiger partial charge in [-0.05, 0) is 19.4 Å². The summed E-state index contributed by atoms with van der Waals surface area (Å²) in [6, 6.07) is 0. The fourth-order valence-corrected chi connectivity index (χ4v) is 0.465. The van der Waals surface area contributed by atoms with Gasteiger partial charge >= 0.3 is 0 Å². The first kappa shape index (κ1) is 8.37. The molecule has 52 valence electrons. The first-order valence-corrected chi connectivity index (χ1v) is 3.01. The molecule has 0 aromatic carbocycles. The number of rotatable bonds is 2. The molecule has 0 unspecified atom stereocenters. The summed E-state index contributed by atoms with van der Waals surface area (Å²) in [5, 5.41) is 0. The quantitative estimate of drug-likeness (QED) is 0.550. The fourth-order valence-electron chi connectivity index (χ4n) is 0.465. The normalized spacial score (nSPS) is 14.2.